The molecule has 4 nitrogen and oxygen atoms in total. The first kappa shape index (κ1) is 25.6. The van der Waals surface area contributed by atoms with Crippen LogP contribution in [0.1, 0.15) is 48.3 Å². The van der Waals surface area contributed by atoms with Gasteiger partial charge in [-0.15, -0.1) is 0 Å². The van der Waals surface area contributed by atoms with Crippen molar-refractivity contribution in [3.05, 3.63) is 113 Å². The van der Waals surface area contributed by atoms with Crippen molar-refractivity contribution in [2.24, 2.45) is 10.9 Å². The minimum absolute atomic E-state index is 0.0871. The van der Waals surface area contributed by atoms with E-state index in [1.165, 1.54) is 42.5 Å². The van der Waals surface area contributed by atoms with Gasteiger partial charge in [-0.05, 0) is 48.6 Å². The number of nitrogens with zero attached hydrogens (tertiary/aromatic N) is 1. The Morgan fingerprint density at radius 1 is 0.921 bits per heavy atom. The molecule has 0 saturated heterocycles. The van der Waals surface area contributed by atoms with Gasteiger partial charge in [0.1, 0.15) is 5.82 Å². The second-order valence-electron chi connectivity index (χ2n) is 9.56. The first-order valence-corrected chi connectivity index (χ1v) is 12.2. The van der Waals surface area contributed by atoms with Crippen molar-refractivity contribution in [1.29, 1.82) is 0 Å². The molecule has 1 aliphatic carbocycles. The van der Waals surface area contributed by atoms with Crippen LogP contribution in [0.2, 0.25) is 0 Å². The number of allylic oxidation sites excluding steroid dienone is 2. The topological polar surface area (TPSA) is 58.5 Å². The molecule has 0 spiro atoms. The summed E-state index contributed by atoms with van der Waals surface area (Å²) >= 11 is 0. The number of amides is 1. The van der Waals surface area contributed by atoms with E-state index in [4.69, 9.17) is 0 Å². The predicted octanol–water partition coefficient (Wildman–Crippen LogP) is 7.06. The van der Waals surface area contributed by atoms with E-state index in [-0.39, 0.29) is 40.7 Å². The molecule has 1 heterocycles. The summed E-state index contributed by atoms with van der Waals surface area (Å²) in [4.78, 5) is 31.8. The molecule has 0 bridgehead atoms. The number of anilines is 1. The molecular formula is C30H24F4N2O2. The summed E-state index contributed by atoms with van der Waals surface area (Å²) in [6, 6.07) is 19.9. The number of Topliss-reactive ketones (excluding diaryl/α,β-unsaturated/α-hetero) is 1. The van der Waals surface area contributed by atoms with Gasteiger partial charge in [0, 0.05) is 29.3 Å². The molecule has 0 fully saturated rings. The third kappa shape index (κ3) is 4.78. The summed E-state index contributed by atoms with van der Waals surface area (Å²) in [5.41, 5.74) is 0.507. The van der Waals surface area contributed by atoms with Gasteiger partial charge in [0.05, 0.1) is 17.2 Å². The van der Waals surface area contributed by atoms with Crippen molar-refractivity contribution in [2.45, 2.75) is 37.8 Å². The van der Waals surface area contributed by atoms with Gasteiger partial charge in [-0.25, -0.2) is 4.39 Å². The summed E-state index contributed by atoms with van der Waals surface area (Å²) in [5.74, 6) is -4.41. The first-order chi connectivity index (χ1) is 18.1. The van der Waals surface area contributed by atoms with E-state index in [0.717, 1.165) is 11.6 Å². The normalized spacial score (nSPS) is 21.6. The minimum atomic E-state index is -4.71. The molecule has 1 unspecified atom stereocenters. The summed E-state index contributed by atoms with van der Waals surface area (Å²) in [6.45, 7) is 1.56. The molecule has 0 radical (unpaired) electrons. The monoisotopic (exact) mass is 520 g/mol. The fourth-order valence-corrected chi connectivity index (χ4v) is 5.50. The molecule has 1 aliphatic heterocycles. The van der Waals surface area contributed by atoms with Crippen LogP contribution in [-0.4, -0.2) is 17.4 Å². The highest BCUT2D eigenvalue weighted by atomic mass is 19.4. The average Bonchev–Trinajstić information content (AvgIpc) is 2.89. The van der Waals surface area contributed by atoms with Crippen molar-refractivity contribution >= 4 is 23.1 Å². The highest BCUT2D eigenvalue weighted by Gasteiger charge is 2.47. The maximum atomic E-state index is 14.3. The van der Waals surface area contributed by atoms with Gasteiger partial charge >= 0.3 is 6.18 Å². The van der Waals surface area contributed by atoms with E-state index in [9.17, 15) is 27.2 Å². The molecular weight excluding hydrogens is 496 g/mol. The number of alkyl halides is 3. The second-order valence-corrected chi connectivity index (χ2v) is 9.56. The minimum Gasteiger partial charge on any atom is -0.323 e. The average molecular weight is 521 g/mol. The fraction of sp³-hybridized carbons (Fsp3) is 0.233. The lowest BCUT2D eigenvalue weighted by atomic mass is 9.68. The van der Waals surface area contributed by atoms with Crippen molar-refractivity contribution in [2.75, 3.05) is 5.32 Å². The second kappa shape index (κ2) is 10.0. The van der Waals surface area contributed by atoms with E-state index < -0.39 is 35.3 Å². The molecule has 3 atom stereocenters. The van der Waals surface area contributed by atoms with Gasteiger partial charge in [-0.1, -0.05) is 60.7 Å². The number of carbonyl (C=O) groups excluding carboxylic acids is 2. The number of carbonyl (C=O) groups is 2. The Kier molecular flexibility index (Phi) is 6.73. The van der Waals surface area contributed by atoms with E-state index in [2.05, 4.69) is 10.3 Å². The lowest BCUT2D eigenvalue weighted by molar-refractivity contribution is -0.138. The van der Waals surface area contributed by atoms with Crippen molar-refractivity contribution in [3.63, 3.8) is 0 Å². The summed E-state index contributed by atoms with van der Waals surface area (Å²) < 4.78 is 56.8. The van der Waals surface area contributed by atoms with E-state index in [1.54, 1.807) is 6.92 Å². The number of benzene rings is 3. The Bertz CT molecular complexity index is 1460. The molecule has 5 rings (SSSR count). The molecule has 2 aliphatic rings. The Morgan fingerprint density at radius 3 is 2.29 bits per heavy atom. The van der Waals surface area contributed by atoms with Gasteiger partial charge < -0.3 is 5.32 Å². The van der Waals surface area contributed by atoms with Gasteiger partial charge in [-0.3, -0.25) is 14.6 Å². The molecule has 3 aromatic rings. The van der Waals surface area contributed by atoms with Crippen LogP contribution in [0.25, 0.3) is 0 Å². The largest absolute Gasteiger partial charge is 0.416 e. The van der Waals surface area contributed by atoms with Gasteiger partial charge in [0.25, 0.3) is 0 Å². The Hall–Kier alpha value is -4.07. The highest BCUT2D eigenvalue weighted by molar-refractivity contribution is 6.13. The maximum absolute atomic E-state index is 14.3. The van der Waals surface area contributed by atoms with Crippen LogP contribution in [-0.2, 0) is 15.8 Å². The Labute approximate surface area is 217 Å². The number of halogens is 4. The number of ketones is 1. The number of nitrogens with one attached hydrogen (secondary N) is 1. The molecule has 0 aromatic heterocycles. The fourth-order valence-electron chi connectivity index (χ4n) is 5.50. The zero-order chi connectivity index (χ0) is 27.0. The standard InChI is InChI=1S/C30H24F4N2O2/c1-17-26(29(38)36-23-14-8-7-13-22(23)31)27(20-11-5-6-12-21(20)30(32,33)34)28-24(35-17)15-19(16-25(28)37)18-9-3-2-4-10-18/h2-14,19,26-27H,15-16H2,1H3,(H,36,38)/t19-,26?,27-/m0/s1. The first-order valence-electron chi connectivity index (χ1n) is 12.2. The number of hydrogen-bond acceptors (Lipinski definition) is 3. The SMILES string of the molecule is CC1=NC2=C(C(=O)C[C@@H](c3ccccc3)C2)[C@@H](c2ccccc2C(F)(F)F)C1C(=O)Nc1ccccc1F. The molecule has 1 N–H and O–H groups in total. The predicted molar refractivity (Wildman–Crippen MR) is 136 cm³/mol. The quantitative estimate of drug-likeness (QED) is 0.375. The smallest absolute Gasteiger partial charge is 0.323 e. The van der Waals surface area contributed by atoms with Gasteiger partial charge in [0.2, 0.25) is 5.91 Å². The molecule has 8 heteroatoms. The van der Waals surface area contributed by atoms with Crippen LogP contribution in [0.15, 0.2) is 95.1 Å². The number of aliphatic imine (C=N–C) groups is 1. The molecule has 3 aromatic carbocycles. The molecule has 194 valence electrons. The van der Waals surface area contributed by atoms with Crippen LogP contribution in [0, 0.1) is 11.7 Å². The summed E-state index contributed by atoms with van der Waals surface area (Å²) in [5, 5.41) is 2.50. The molecule has 0 saturated carbocycles. The van der Waals surface area contributed by atoms with Crippen LogP contribution in [0.4, 0.5) is 23.2 Å². The zero-order valence-electron chi connectivity index (χ0n) is 20.4. The van der Waals surface area contributed by atoms with Crippen molar-refractivity contribution in [3.8, 4) is 0 Å². The van der Waals surface area contributed by atoms with Crippen LogP contribution >= 0.6 is 0 Å². The van der Waals surface area contributed by atoms with Gasteiger partial charge in [0.15, 0.2) is 5.78 Å². The van der Waals surface area contributed by atoms with Gasteiger partial charge in [-0.2, -0.15) is 13.2 Å². The third-order valence-corrected chi connectivity index (χ3v) is 7.18. The third-order valence-electron chi connectivity index (χ3n) is 7.18. The molecule has 38 heavy (non-hydrogen) atoms. The van der Waals surface area contributed by atoms with Crippen LogP contribution < -0.4 is 5.32 Å². The van der Waals surface area contributed by atoms with Crippen LogP contribution in [0.5, 0.6) is 0 Å². The number of hydrogen-bond donors (Lipinski definition) is 1. The maximum Gasteiger partial charge on any atom is 0.416 e. The van der Waals surface area contributed by atoms with Crippen LogP contribution in [0.3, 0.4) is 0 Å². The van der Waals surface area contributed by atoms with Crippen molar-refractivity contribution in [1.82, 2.24) is 0 Å². The number of rotatable bonds is 4. The van der Waals surface area contributed by atoms with E-state index in [0.29, 0.717) is 12.1 Å². The summed E-state index contributed by atoms with van der Waals surface area (Å²) in [6.07, 6.45) is -4.27. The Balaban J connectivity index is 1.64. The summed E-state index contributed by atoms with van der Waals surface area (Å²) in [7, 11) is 0. The number of para-hydroxylation sites is 1. The highest BCUT2D eigenvalue weighted by Crippen LogP contribution is 2.49. The van der Waals surface area contributed by atoms with E-state index >= 15 is 0 Å². The van der Waals surface area contributed by atoms with E-state index in [1.807, 2.05) is 30.3 Å². The lowest BCUT2D eigenvalue weighted by Crippen LogP contribution is -2.40. The lowest BCUT2D eigenvalue weighted by Gasteiger charge is -2.37. The zero-order valence-corrected chi connectivity index (χ0v) is 20.4. The molecule has 1 amide bonds. The Morgan fingerprint density at radius 2 is 1.58 bits per heavy atom. The van der Waals surface area contributed by atoms with Crippen molar-refractivity contribution < 1.29 is 27.2 Å².